The van der Waals surface area contributed by atoms with Gasteiger partial charge in [-0.2, -0.15) is 0 Å². The topological polar surface area (TPSA) is 102 Å². The molecule has 3 N–H and O–H groups in total. The number of nitrogens with zero attached hydrogens (tertiary/aromatic N) is 1. The van der Waals surface area contributed by atoms with E-state index in [0.29, 0.717) is 17.6 Å². The zero-order valence-corrected chi connectivity index (χ0v) is 27.6. The van der Waals surface area contributed by atoms with E-state index in [1.54, 1.807) is 38.5 Å². The predicted octanol–water partition coefficient (Wildman–Crippen LogP) is 8.12. The van der Waals surface area contributed by atoms with Gasteiger partial charge in [-0.25, -0.2) is 4.39 Å². The number of hydrogen-bond donors (Lipinski definition) is 2. The van der Waals surface area contributed by atoms with Gasteiger partial charge in [0, 0.05) is 18.5 Å². The van der Waals surface area contributed by atoms with Crippen molar-refractivity contribution in [3.63, 3.8) is 0 Å². The molecule has 7 nitrogen and oxygen atoms in total. The van der Waals surface area contributed by atoms with Crippen molar-refractivity contribution in [3.05, 3.63) is 126 Å². The first-order valence-electron chi connectivity index (χ1n) is 16.0. The number of ether oxygens (including phenoxy) is 2. The molecule has 1 aliphatic heterocycles. The van der Waals surface area contributed by atoms with Crippen molar-refractivity contribution in [2.75, 3.05) is 27.3 Å². The number of amides is 1. The lowest BCUT2D eigenvalue weighted by molar-refractivity contribution is -0.137. The van der Waals surface area contributed by atoms with E-state index in [9.17, 15) is 14.0 Å². The molecule has 4 aromatic rings. The maximum atomic E-state index is 13.1. The molecule has 0 unspecified atom stereocenters. The van der Waals surface area contributed by atoms with Gasteiger partial charge in [-0.3, -0.25) is 14.5 Å². The van der Waals surface area contributed by atoms with Crippen molar-refractivity contribution in [2.45, 2.75) is 38.6 Å². The molecule has 0 radical (unpaired) electrons. The Hall–Kier alpha value is -5.21. The smallest absolute Gasteiger partial charge is 0.303 e. The third kappa shape index (κ3) is 8.57. The minimum absolute atomic E-state index is 0.112. The molecule has 1 saturated heterocycles. The first kappa shape index (κ1) is 35.6. The molecule has 4 aromatic carbocycles. The van der Waals surface area contributed by atoms with Crippen LogP contribution >= 0.6 is 0 Å². The summed E-state index contributed by atoms with van der Waals surface area (Å²) >= 11 is 0. The number of nitrogens with two attached hydrogens (primary N) is 1. The Morgan fingerprint density at radius 3 is 2.19 bits per heavy atom. The molecule has 0 spiro atoms. The minimum Gasteiger partial charge on any atom is -0.496 e. The number of carboxylic acid groups (broad SMARTS) is 1. The standard InChI is InChI=1S/C27H31NO4.C13H12FNO/c1-31-24-14-12-20(18-28-16-4-3-5-17-28)27(32-2)26(24)23-11-7-9-21-19(13-15-25(29)30)8-6-10-22(21)23;1-3-11(10-7-5-4-6-8-10)12(9(2)14)13(15)16/h6-12,14H,3-5,13,15-18H2,1-2H3,(H,29,30);3-8H,1-2H2,(H2,15,16)/b;12-11-. The number of piperidine rings is 1. The number of fused-ring (bicyclic) bond motifs is 1. The van der Waals surface area contributed by atoms with E-state index in [1.807, 2.05) is 30.3 Å². The first-order valence-corrected chi connectivity index (χ1v) is 16.0. The van der Waals surface area contributed by atoms with Crippen LogP contribution in [0.4, 0.5) is 4.39 Å². The molecule has 1 heterocycles. The number of rotatable bonds is 12. The van der Waals surface area contributed by atoms with Gasteiger partial charge in [0.25, 0.3) is 5.91 Å². The highest BCUT2D eigenvalue weighted by Crippen LogP contribution is 2.44. The molecule has 0 aliphatic carbocycles. The Morgan fingerprint density at radius 1 is 0.896 bits per heavy atom. The molecule has 48 heavy (non-hydrogen) atoms. The second-order valence-corrected chi connectivity index (χ2v) is 11.5. The molecule has 0 bridgehead atoms. The third-order valence-electron chi connectivity index (χ3n) is 8.43. The van der Waals surface area contributed by atoms with E-state index in [0.717, 1.165) is 64.2 Å². The van der Waals surface area contributed by atoms with Crippen molar-refractivity contribution in [3.8, 4) is 22.6 Å². The van der Waals surface area contributed by atoms with Crippen molar-refractivity contribution >= 4 is 28.2 Å². The molecule has 1 fully saturated rings. The number of carboxylic acids is 1. The number of halogens is 1. The molecule has 0 aromatic heterocycles. The average molecular weight is 651 g/mol. The zero-order chi connectivity index (χ0) is 34.6. The number of carbonyl (C=O) groups is 2. The van der Waals surface area contributed by atoms with Crippen LogP contribution in [0.1, 0.15) is 42.4 Å². The van der Waals surface area contributed by atoms with Crippen LogP contribution in [0.25, 0.3) is 27.5 Å². The van der Waals surface area contributed by atoms with Crippen LogP contribution in [0.2, 0.25) is 0 Å². The Morgan fingerprint density at radius 2 is 1.58 bits per heavy atom. The van der Waals surface area contributed by atoms with Crippen LogP contribution in [0, 0.1) is 0 Å². The van der Waals surface area contributed by atoms with E-state index >= 15 is 0 Å². The number of aliphatic carboxylic acids is 1. The molecule has 250 valence electrons. The number of benzene rings is 4. The number of carbonyl (C=O) groups excluding carboxylic acids is 1. The number of allylic oxidation sites excluding steroid dienone is 2. The maximum absolute atomic E-state index is 13.1. The van der Waals surface area contributed by atoms with Crippen LogP contribution < -0.4 is 15.2 Å². The van der Waals surface area contributed by atoms with Crippen LogP contribution in [-0.2, 0) is 22.6 Å². The summed E-state index contributed by atoms with van der Waals surface area (Å²) < 4.78 is 24.9. The summed E-state index contributed by atoms with van der Waals surface area (Å²) in [4.78, 5) is 24.7. The van der Waals surface area contributed by atoms with Gasteiger partial charge in [-0.15, -0.1) is 0 Å². The highest BCUT2D eigenvalue weighted by Gasteiger charge is 2.21. The van der Waals surface area contributed by atoms with E-state index in [-0.39, 0.29) is 12.0 Å². The average Bonchev–Trinajstić information content (AvgIpc) is 3.09. The van der Waals surface area contributed by atoms with E-state index < -0.39 is 17.7 Å². The molecular weight excluding hydrogens is 607 g/mol. The monoisotopic (exact) mass is 650 g/mol. The summed E-state index contributed by atoms with van der Waals surface area (Å²) in [6, 6.07) is 25.3. The Labute approximate surface area is 281 Å². The van der Waals surface area contributed by atoms with Crippen molar-refractivity contribution < 1.29 is 28.6 Å². The van der Waals surface area contributed by atoms with Crippen LogP contribution in [0.3, 0.4) is 0 Å². The van der Waals surface area contributed by atoms with Crippen molar-refractivity contribution in [1.82, 2.24) is 4.90 Å². The van der Waals surface area contributed by atoms with Crippen molar-refractivity contribution in [2.24, 2.45) is 5.73 Å². The maximum Gasteiger partial charge on any atom is 0.303 e. The molecule has 0 saturated carbocycles. The van der Waals surface area contributed by atoms with Crippen LogP contribution in [0.5, 0.6) is 11.5 Å². The van der Waals surface area contributed by atoms with Gasteiger partial charge >= 0.3 is 5.97 Å². The van der Waals surface area contributed by atoms with E-state index in [2.05, 4.69) is 42.3 Å². The summed E-state index contributed by atoms with van der Waals surface area (Å²) in [5.74, 6) is -0.879. The minimum atomic E-state index is -0.855. The van der Waals surface area contributed by atoms with E-state index in [1.165, 1.54) is 25.3 Å². The van der Waals surface area contributed by atoms with Gasteiger partial charge in [0.05, 0.1) is 25.4 Å². The molecule has 0 atom stereocenters. The molecule has 1 amide bonds. The van der Waals surface area contributed by atoms with Gasteiger partial charge in [-0.1, -0.05) is 98.5 Å². The summed E-state index contributed by atoms with van der Waals surface area (Å²) in [6.45, 7) is 9.74. The second-order valence-electron chi connectivity index (χ2n) is 11.5. The molecule has 8 heteroatoms. The third-order valence-corrected chi connectivity index (χ3v) is 8.43. The lowest BCUT2D eigenvalue weighted by Crippen LogP contribution is -2.29. The lowest BCUT2D eigenvalue weighted by atomic mass is 9.92. The lowest BCUT2D eigenvalue weighted by Gasteiger charge is -2.28. The zero-order valence-electron chi connectivity index (χ0n) is 27.6. The highest BCUT2D eigenvalue weighted by molar-refractivity contribution is 6.05. The summed E-state index contributed by atoms with van der Waals surface area (Å²) in [7, 11) is 3.41. The van der Waals surface area contributed by atoms with Gasteiger partial charge in [-0.05, 0) is 71.5 Å². The Balaban J connectivity index is 0.000000274. The normalized spacial score (nSPS) is 13.5. The predicted molar refractivity (Wildman–Crippen MR) is 191 cm³/mol. The summed E-state index contributed by atoms with van der Waals surface area (Å²) in [5.41, 5.74) is 10.1. The van der Waals surface area contributed by atoms with Gasteiger partial charge < -0.3 is 20.3 Å². The SMILES string of the molecule is C=C/C(=C(\C(=C)F)C(N)=O)c1ccccc1.COc1ccc(CN2CCCCC2)c(OC)c1-c1cccc2c(CCC(=O)O)cccc12. The van der Waals surface area contributed by atoms with E-state index in [4.69, 9.17) is 20.3 Å². The quantitative estimate of drug-likeness (QED) is 0.119. The number of methoxy groups -OCH3 is 2. The van der Waals surface area contributed by atoms with Gasteiger partial charge in [0.1, 0.15) is 17.3 Å². The second kappa shape index (κ2) is 17.1. The number of likely N-dealkylation sites (tertiary alicyclic amines) is 1. The first-order chi connectivity index (χ1) is 23.2. The highest BCUT2D eigenvalue weighted by atomic mass is 19.1. The van der Waals surface area contributed by atoms with Crippen LogP contribution in [-0.4, -0.2) is 49.2 Å². The molecule has 5 rings (SSSR count). The molecular formula is C40H43FN2O5. The Kier molecular flexibility index (Phi) is 12.7. The van der Waals surface area contributed by atoms with Crippen molar-refractivity contribution in [1.29, 1.82) is 0 Å². The fraction of sp³-hybridized carbons (Fsp3) is 0.250. The Bertz CT molecular complexity index is 1790. The molecule has 1 aliphatic rings. The fourth-order valence-electron chi connectivity index (χ4n) is 6.20. The van der Waals surface area contributed by atoms with Crippen LogP contribution in [0.15, 0.2) is 109 Å². The fourth-order valence-corrected chi connectivity index (χ4v) is 6.20. The largest absolute Gasteiger partial charge is 0.496 e. The number of hydrogen-bond acceptors (Lipinski definition) is 5. The van der Waals surface area contributed by atoms with Gasteiger partial charge in [0.2, 0.25) is 0 Å². The number of aryl methyl sites for hydroxylation is 1. The van der Waals surface area contributed by atoms with Gasteiger partial charge in [0.15, 0.2) is 0 Å². The summed E-state index contributed by atoms with van der Waals surface area (Å²) in [5, 5.41) is 11.3. The summed E-state index contributed by atoms with van der Waals surface area (Å²) in [6.07, 6.45) is 5.80. The number of primary amides is 1.